The number of benzene rings is 1. The van der Waals surface area contributed by atoms with Gasteiger partial charge in [0.1, 0.15) is 5.75 Å². The first-order chi connectivity index (χ1) is 16.7. The molecule has 3 rings (SSSR count). The van der Waals surface area contributed by atoms with Crippen LogP contribution in [0.4, 0.5) is 0 Å². The van der Waals surface area contributed by atoms with Crippen LogP contribution in [-0.4, -0.2) is 11.6 Å². The van der Waals surface area contributed by atoms with Crippen LogP contribution in [0, 0.1) is 17.8 Å². The van der Waals surface area contributed by atoms with Crippen LogP contribution in [0.25, 0.3) is 11.3 Å². The van der Waals surface area contributed by atoms with Gasteiger partial charge in [-0.05, 0) is 79.3 Å². The number of ether oxygens (including phenoxy) is 1. The van der Waals surface area contributed by atoms with Gasteiger partial charge in [0.2, 0.25) is 0 Å². The van der Waals surface area contributed by atoms with Gasteiger partial charge in [-0.15, -0.1) is 0 Å². The Morgan fingerprint density at radius 2 is 1.56 bits per heavy atom. The van der Waals surface area contributed by atoms with Crippen molar-refractivity contribution in [3.05, 3.63) is 48.2 Å². The summed E-state index contributed by atoms with van der Waals surface area (Å²) in [6.45, 7) is 7.76. The number of pyridine rings is 1. The van der Waals surface area contributed by atoms with Crippen LogP contribution in [0.2, 0.25) is 0 Å². The second-order valence-corrected chi connectivity index (χ2v) is 10.9. The maximum atomic E-state index is 6.05. The van der Waals surface area contributed by atoms with Crippen LogP contribution in [0.15, 0.2) is 42.6 Å². The summed E-state index contributed by atoms with van der Waals surface area (Å²) >= 11 is 0. The van der Waals surface area contributed by atoms with Gasteiger partial charge in [0.25, 0.3) is 0 Å². The molecule has 1 aromatic carbocycles. The first-order valence-corrected chi connectivity index (χ1v) is 14.4. The van der Waals surface area contributed by atoms with E-state index in [0.29, 0.717) is 0 Å². The zero-order valence-electron chi connectivity index (χ0n) is 22.2. The third-order valence-corrected chi connectivity index (χ3v) is 8.04. The average Bonchev–Trinajstić information content (AvgIpc) is 2.88. The SMILES string of the molecule is CCCCCC1CCC(CCCOc2ccc(-c3ccc(CCCC(C)CC)cn3)cc2)CC1. The van der Waals surface area contributed by atoms with Crippen molar-refractivity contribution in [1.29, 1.82) is 0 Å². The summed E-state index contributed by atoms with van der Waals surface area (Å²) in [6, 6.07) is 12.9. The molecule has 0 bridgehead atoms. The first-order valence-electron chi connectivity index (χ1n) is 14.4. The number of rotatable bonds is 15. The van der Waals surface area contributed by atoms with Crippen molar-refractivity contribution >= 4 is 0 Å². The number of nitrogens with zero attached hydrogens (tertiary/aromatic N) is 1. The van der Waals surface area contributed by atoms with E-state index >= 15 is 0 Å². The normalized spacial score (nSPS) is 19.1. The molecule has 0 radical (unpaired) electrons. The van der Waals surface area contributed by atoms with Gasteiger partial charge in [-0.2, -0.15) is 0 Å². The topological polar surface area (TPSA) is 22.1 Å². The molecule has 1 saturated carbocycles. The van der Waals surface area contributed by atoms with E-state index in [1.54, 1.807) is 0 Å². The van der Waals surface area contributed by atoms with Gasteiger partial charge in [0.05, 0.1) is 12.3 Å². The lowest BCUT2D eigenvalue weighted by atomic mass is 9.78. The van der Waals surface area contributed by atoms with E-state index in [4.69, 9.17) is 9.72 Å². The fraction of sp³-hybridized carbons (Fsp3) is 0.656. The Morgan fingerprint density at radius 3 is 2.18 bits per heavy atom. The highest BCUT2D eigenvalue weighted by Crippen LogP contribution is 2.34. The molecule has 1 aliphatic carbocycles. The predicted octanol–water partition coefficient (Wildman–Crippen LogP) is 9.66. The zero-order valence-corrected chi connectivity index (χ0v) is 22.2. The van der Waals surface area contributed by atoms with Crippen molar-refractivity contribution in [2.75, 3.05) is 6.61 Å². The highest BCUT2D eigenvalue weighted by Gasteiger charge is 2.20. The highest BCUT2D eigenvalue weighted by molar-refractivity contribution is 5.60. The molecule has 1 aliphatic rings. The minimum Gasteiger partial charge on any atom is -0.494 e. The molecule has 0 saturated heterocycles. The number of aromatic nitrogens is 1. The van der Waals surface area contributed by atoms with Crippen LogP contribution in [0.5, 0.6) is 5.75 Å². The van der Waals surface area contributed by atoms with E-state index in [9.17, 15) is 0 Å². The molecule has 1 atom stereocenters. The predicted molar refractivity (Wildman–Crippen MR) is 146 cm³/mol. The van der Waals surface area contributed by atoms with E-state index in [1.165, 1.54) is 89.0 Å². The van der Waals surface area contributed by atoms with Crippen LogP contribution in [-0.2, 0) is 6.42 Å². The second kappa shape index (κ2) is 15.2. The molecule has 0 aliphatic heterocycles. The molecule has 2 heteroatoms. The summed E-state index contributed by atoms with van der Waals surface area (Å²) in [6.07, 6.45) is 21.0. The Labute approximate surface area is 209 Å². The molecule has 1 fully saturated rings. The van der Waals surface area contributed by atoms with Crippen LogP contribution in [0.3, 0.4) is 0 Å². The van der Waals surface area contributed by atoms with Gasteiger partial charge in [0.15, 0.2) is 0 Å². The summed E-state index contributed by atoms with van der Waals surface area (Å²) in [4.78, 5) is 4.71. The Hall–Kier alpha value is -1.83. The summed E-state index contributed by atoms with van der Waals surface area (Å²) in [5, 5.41) is 0. The number of hydrogen-bond donors (Lipinski definition) is 0. The number of unbranched alkanes of at least 4 members (excludes halogenated alkanes) is 2. The largest absolute Gasteiger partial charge is 0.494 e. The van der Waals surface area contributed by atoms with Gasteiger partial charge in [-0.1, -0.05) is 91.0 Å². The molecule has 0 amide bonds. The fourth-order valence-electron chi connectivity index (χ4n) is 5.38. The van der Waals surface area contributed by atoms with Crippen molar-refractivity contribution in [2.45, 2.75) is 111 Å². The molecule has 34 heavy (non-hydrogen) atoms. The maximum Gasteiger partial charge on any atom is 0.119 e. The monoisotopic (exact) mass is 463 g/mol. The lowest BCUT2D eigenvalue weighted by Crippen LogP contribution is -2.15. The smallest absolute Gasteiger partial charge is 0.119 e. The minimum absolute atomic E-state index is 0.827. The fourth-order valence-corrected chi connectivity index (χ4v) is 5.38. The molecule has 1 aromatic heterocycles. The van der Waals surface area contributed by atoms with Crippen LogP contribution >= 0.6 is 0 Å². The van der Waals surface area contributed by atoms with Gasteiger partial charge in [0, 0.05) is 11.8 Å². The maximum absolute atomic E-state index is 6.05. The molecule has 0 N–H and O–H groups in total. The number of hydrogen-bond acceptors (Lipinski definition) is 2. The minimum atomic E-state index is 0.827. The van der Waals surface area contributed by atoms with E-state index in [2.05, 4.69) is 63.4 Å². The van der Waals surface area contributed by atoms with Crippen molar-refractivity contribution in [2.24, 2.45) is 17.8 Å². The summed E-state index contributed by atoms with van der Waals surface area (Å²) in [5.74, 6) is 3.74. The Bertz CT molecular complexity index is 774. The molecule has 0 spiro atoms. The molecule has 1 unspecified atom stereocenters. The summed E-state index contributed by atoms with van der Waals surface area (Å²) in [5.41, 5.74) is 3.55. The van der Waals surface area contributed by atoms with Gasteiger partial charge >= 0.3 is 0 Å². The van der Waals surface area contributed by atoms with Crippen molar-refractivity contribution in [3.63, 3.8) is 0 Å². The van der Waals surface area contributed by atoms with Gasteiger partial charge < -0.3 is 4.74 Å². The molecule has 2 nitrogen and oxygen atoms in total. The first kappa shape index (κ1) is 26.8. The van der Waals surface area contributed by atoms with Crippen molar-refractivity contribution < 1.29 is 4.74 Å². The quantitative estimate of drug-likeness (QED) is 0.245. The standard InChI is InChI=1S/C32H49NO/c1-4-6-7-11-27-14-16-28(17-15-27)13-9-24-34-31-21-19-30(20-22-31)32-23-18-29(25-33-32)12-8-10-26(3)5-2/h18-23,25-28H,4-17,24H2,1-3H3. The summed E-state index contributed by atoms with van der Waals surface area (Å²) in [7, 11) is 0. The van der Waals surface area contributed by atoms with E-state index in [-0.39, 0.29) is 0 Å². The summed E-state index contributed by atoms with van der Waals surface area (Å²) < 4.78 is 6.05. The van der Waals surface area contributed by atoms with Crippen LogP contribution < -0.4 is 4.74 Å². The molecular formula is C32H49NO. The van der Waals surface area contributed by atoms with Gasteiger partial charge in [-0.3, -0.25) is 4.98 Å². The molecule has 188 valence electrons. The molecule has 1 heterocycles. The lowest BCUT2D eigenvalue weighted by molar-refractivity contribution is 0.228. The third kappa shape index (κ3) is 9.43. The Kier molecular flexibility index (Phi) is 12.0. The van der Waals surface area contributed by atoms with Crippen molar-refractivity contribution in [1.82, 2.24) is 4.98 Å². The third-order valence-electron chi connectivity index (χ3n) is 8.04. The van der Waals surface area contributed by atoms with E-state index in [1.807, 2.05) is 0 Å². The number of aryl methyl sites for hydroxylation is 1. The Balaban J connectivity index is 1.32. The van der Waals surface area contributed by atoms with E-state index in [0.717, 1.165) is 47.8 Å². The van der Waals surface area contributed by atoms with Crippen molar-refractivity contribution in [3.8, 4) is 17.0 Å². The highest BCUT2D eigenvalue weighted by atomic mass is 16.5. The zero-order chi connectivity index (χ0) is 24.0. The molecule has 2 aromatic rings. The Morgan fingerprint density at radius 1 is 0.853 bits per heavy atom. The van der Waals surface area contributed by atoms with Crippen LogP contribution in [0.1, 0.15) is 110 Å². The van der Waals surface area contributed by atoms with E-state index < -0.39 is 0 Å². The second-order valence-electron chi connectivity index (χ2n) is 10.9. The average molecular weight is 464 g/mol. The van der Waals surface area contributed by atoms with Gasteiger partial charge in [-0.25, -0.2) is 0 Å². The molecular weight excluding hydrogens is 414 g/mol. The lowest BCUT2D eigenvalue weighted by Gasteiger charge is -2.28.